The van der Waals surface area contributed by atoms with Gasteiger partial charge >= 0.3 is 5.97 Å². The van der Waals surface area contributed by atoms with Crippen LogP contribution in [0.2, 0.25) is 0 Å². The fraction of sp³-hybridized carbons (Fsp3) is 0.571. The minimum Gasteiger partial charge on any atom is -0.481 e. The van der Waals surface area contributed by atoms with E-state index in [1.165, 1.54) is 0 Å². The summed E-state index contributed by atoms with van der Waals surface area (Å²) in [6.07, 6.45) is 0.106. The van der Waals surface area contributed by atoms with Crippen LogP contribution in [-0.2, 0) is 4.79 Å². The highest BCUT2D eigenvalue weighted by Crippen LogP contribution is 2.47. The first kappa shape index (κ1) is 10.7. The quantitative estimate of drug-likeness (QED) is 0.758. The van der Waals surface area contributed by atoms with Gasteiger partial charge in [-0.3, -0.25) is 4.79 Å². The van der Waals surface area contributed by atoms with Crippen molar-refractivity contribution in [3.63, 3.8) is 0 Å². The molecule has 0 aromatic carbocycles. The molecule has 6 heteroatoms. The predicted molar refractivity (Wildman–Crippen MR) is 44.0 cm³/mol. The van der Waals surface area contributed by atoms with Gasteiger partial charge in [0.25, 0.3) is 0 Å². The Labute approximate surface area is 83.1 Å². The molecule has 2 atom stereocenters. The molecule has 0 aliphatic heterocycles. The maximum absolute atomic E-state index is 12.9. The Morgan fingerprint density at radius 3 is 2.23 bits per heavy atom. The van der Waals surface area contributed by atoms with Crippen LogP contribution in [-0.4, -0.2) is 15.9 Å². The highest BCUT2D eigenvalue weighted by molar-refractivity contribution is 6.46. The summed E-state index contributed by atoms with van der Waals surface area (Å²) in [6, 6.07) is 0. The van der Waals surface area contributed by atoms with Crippen LogP contribution in [0, 0.1) is 11.8 Å². The summed E-state index contributed by atoms with van der Waals surface area (Å²) in [6.45, 7) is 0. The summed E-state index contributed by atoms with van der Waals surface area (Å²) in [5.41, 5.74) is 0. The fourth-order valence-corrected chi connectivity index (χ4v) is 1.24. The van der Waals surface area contributed by atoms with E-state index >= 15 is 0 Å². The summed E-state index contributed by atoms with van der Waals surface area (Å²) in [5.74, 6) is -5.27. The molecule has 0 aromatic rings. The molecule has 1 aliphatic rings. The number of alkyl halides is 2. The van der Waals surface area contributed by atoms with Crippen molar-refractivity contribution in [3.8, 4) is 0 Å². The van der Waals surface area contributed by atoms with Crippen LogP contribution in [0.5, 0.6) is 0 Å². The van der Waals surface area contributed by atoms with Crippen LogP contribution in [0.3, 0.4) is 0 Å². The van der Waals surface area contributed by atoms with E-state index in [0.29, 0.717) is 0 Å². The number of halogens is 4. The lowest BCUT2D eigenvalue weighted by Gasteiger charge is -1.99. The van der Waals surface area contributed by atoms with Gasteiger partial charge in [0.1, 0.15) is 5.83 Å². The van der Waals surface area contributed by atoms with Gasteiger partial charge in [-0.05, 0) is 6.42 Å². The number of carboxylic acids is 1. The number of aliphatic carboxylic acids is 1. The smallest absolute Gasteiger partial charge is 0.307 e. The second kappa shape index (κ2) is 3.80. The molecule has 13 heavy (non-hydrogen) atoms. The zero-order chi connectivity index (χ0) is 10.2. The predicted octanol–water partition coefficient (Wildman–Crippen LogP) is 2.66. The third kappa shape index (κ3) is 2.31. The lowest BCUT2D eigenvalue weighted by molar-refractivity contribution is -0.138. The fourth-order valence-electron chi connectivity index (χ4n) is 1.03. The summed E-state index contributed by atoms with van der Waals surface area (Å²) in [4.78, 5) is 8.73. The van der Waals surface area contributed by atoms with E-state index in [2.05, 4.69) is 0 Å². The Bertz CT molecular complexity index is 265. The first-order valence-electron chi connectivity index (χ1n) is 3.51. The standard InChI is InChI=1S/C7H6Cl2F2O2/c8-6(9)5(11)4(10)2-1-3(2)7(12)13/h2-3,6H,1H2,(H,12,13)/b5-4+. The van der Waals surface area contributed by atoms with Crippen molar-refractivity contribution in [2.45, 2.75) is 11.3 Å². The van der Waals surface area contributed by atoms with Crippen molar-refractivity contribution in [1.82, 2.24) is 0 Å². The number of rotatable bonds is 3. The minimum atomic E-state index is -1.56. The monoisotopic (exact) mass is 230 g/mol. The Morgan fingerprint density at radius 1 is 1.38 bits per heavy atom. The molecule has 0 amide bonds. The van der Waals surface area contributed by atoms with Crippen LogP contribution in [0.15, 0.2) is 11.7 Å². The molecule has 0 radical (unpaired) electrons. The van der Waals surface area contributed by atoms with Gasteiger partial charge in [-0.15, -0.1) is 0 Å². The van der Waals surface area contributed by atoms with Crippen molar-refractivity contribution in [1.29, 1.82) is 0 Å². The van der Waals surface area contributed by atoms with Gasteiger partial charge < -0.3 is 5.11 Å². The van der Waals surface area contributed by atoms with Crippen molar-refractivity contribution in [2.24, 2.45) is 11.8 Å². The van der Waals surface area contributed by atoms with E-state index in [0.717, 1.165) is 0 Å². The summed E-state index contributed by atoms with van der Waals surface area (Å²) < 4.78 is 25.6. The number of carbonyl (C=O) groups is 1. The van der Waals surface area contributed by atoms with Crippen molar-refractivity contribution < 1.29 is 18.7 Å². The molecule has 1 N–H and O–H groups in total. The van der Waals surface area contributed by atoms with E-state index in [1.807, 2.05) is 0 Å². The summed E-state index contributed by atoms with van der Waals surface area (Å²) in [5, 5.41) is 8.42. The van der Waals surface area contributed by atoms with Gasteiger partial charge in [-0.2, -0.15) is 0 Å². The highest BCUT2D eigenvalue weighted by Gasteiger charge is 2.48. The Morgan fingerprint density at radius 2 is 1.92 bits per heavy atom. The molecule has 0 bridgehead atoms. The first-order valence-corrected chi connectivity index (χ1v) is 4.38. The number of hydrogen-bond donors (Lipinski definition) is 1. The largest absolute Gasteiger partial charge is 0.481 e. The SMILES string of the molecule is O=C(O)C1CC1/C(F)=C(\F)C(Cl)Cl. The Kier molecular flexibility index (Phi) is 3.14. The van der Waals surface area contributed by atoms with E-state index in [4.69, 9.17) is 28.3 Å². The average molecular weight is 231 g/mol. The number of hydrogen-bond acceptors (Lipinski definition) is 1. The number of allylic oxidation sites excluding steroid dienone is 2. The van der Waals surface area contributed by atoms with Crippen LogP contribution in [0.25, 0.3) is 0 Å². The Balaban J connectivity index is 2.66. The molecular formula is C7H6Cl2F2O2. The van der Waals surface area contributed by atoms with E-state index in [1.54, 1.807) is 0 Å². The van der Waals surface area contributed by atoms with Crippen molar-refractivity contribution in [3.05, 3.63) is 11.7 Å². The van der Waals surface area contributed by atoms with Gasteiger partial charge in [0.05, 0.1) is 5.92 Å². The molecule has 0 saturated heterocycles. The minimum absolute atomic E-state index is 0.106. The molecule has 2 nitrogen and oxygen atoms in total. The van der Waals surface area contributed by atoms with Gasteiger partial charge in [0, 0.05) is 5.92 Å². The van der Waals surface area contributed by atoms with Crippen LogP contribution < -0.4 is 0 Å². The molecule has 2 unspecified atom stereocenters. The van der Waals surface area contributed by atoms with E-state index < -0.39 is 34.3 Å². The van der Waals surface area contributed by atoms with E-state index in [9.17, 15) is 13.6 Å². The normalized spacial score (nSPS) is 28.7. The molecule has 1 aliphatic carbocycles. The molecule has 1 saturated carbocycles. The van der Waals surface area contributed by atoms with Gasteiger partial charge in [0.2, 0.25) is 0 Å². The van der Waals surface area contributed by atoms with Crippen molar-refractivity contribution >= 4 is 29.2 Å². The maximum Gasteiger partial charge on any atom is 0.307 e. The zero-order valence-corrected chi connectivity index (χ0v) is 7.82. The van der Waals surface area contributed by atoms with Gasteiger partial charge in [-0.1, -0.05) is 23.2 Å². The lowest BCUT2D eigenvalue weighted by atomic mass is 10.2. The summed E-state index contributed by atoms with van der Waals surface area (Å²) in [7, 11) is 0. The van der Waals surface area contributed by atoms with Crippen LogP contribution in [0.1, 0.15) is 6.42 Å². The zero-order valence-electron chi connectivity index (χ0n) is 6.31. The molecule has 1 rings (SSSR count). The van der Waals surface area contributed by atoms with Gasteiger partial charge in [-0.25, -0.2) is 8.78 Å². The topological polar surface area (TPSA) is 37.3 Å². The molecule has 0 heterocycles. The number of carboxylic acid groups (broad SMARTS) is 1. The van der Waals surface area contributed by atoms with E-state index in [-0.39, 0.29) is 6.42 Å². The molecular weight excluding hydrogens is 225 g/mol. The first-order chi connectivity index (χ1) is 5.95. The molecule has 0 spiro atoms. The molecule has 1 fully saturated rings. The second-order valence-corrected chi connectivity index (χ2v) is 3.88. The second-order valence-electron chi connectivity index (χ2n) is 2.78. The third-order valence-corrected chi connectivity index (χ3v) is 2.24. The van der Waals surface area contributed by atoms with Crippen LogP contribution in [0.4, 0.5) is 8.78 Å². The van der Waals surface area contributed by atoms with Gasteiger partial charge in [0.15, 0.2) is 10.7 Å². The highest BCUT2D eigenvalue weighted by atomic mass is 35.5. The summed E-state index contributed by atoms with van der Waals surface area (Å²) >= 11 is 10.1. The average Bonchev–Trinajstić information content (AvgIpc) is 2.80. The maximum atomic E-state index is 12.9. The van der Waals surface area contributed by atoms with Crippen LogP contribution >= 0.6 is 23.2 Å². The molecule has 0 aromatic heterocycles. The molecule has 74 valence electrons. The third-order valence-electron chi connectivity index (χ3n) is 1.85. The Hall–Kier alpha value is -0.350. The lowest BCUT2D eigenvalue weighted by Crippen LogP contribution is -2.01. The van der Waals surface area contributed by atoms with Crippen molar-refractivity contribution in [2.75, 3.05) is 0 Å².